The minimum Gasteiger partial charge on any atom is -0.278 e. The van der Waals surface area contributed by atoms with Gasteiger partial charge in [0.2, 0.25) is 5.95 Å². The lowest BCUT2D eigenvalue weighted by Crippen LogP contribution is -2.36. The Bertz CT molecular complexity index is 2140. The van der Waals surface area contributed by atoms with Crippen molar-refractivity contribution in [2.75, 3.05) is 4.90 Å². The van der Waals surface area contributed by atoms with Gasteiger partial charge in [-0.3, -0.25) is 4.90 Å². The summed E-state index contributed by atoms with van der Waals surface area (Å²) in [4.78, 5) is 12.8. The number of hydrogen-bond donors (Lipinski definition) is 0. The Morgan fingerprint density at radius 2 is 0.956 bits per heavy atom. The van der Waals surface area contributed by atoms with Crippen LogP contribution in [0.1, 0.15) is 22.3 Å². The number of para-hydroxylation sites is 2. The molecule has 0 saturated carbocycles. The Hall–Kier alpha value is -5.32. The molecule has 2 aliphatic rings. The quantitative estimate of drug-likeness (QED) is 0.192. The van der Waals surface area contributed by atoms with Gasteiger partial charge in [-0.25, -0.2) is 9.97 Å². The number of anilines is 3. The molecule has 9 rings (SSSR count). The van der Waals surface area contributed by atoms with E-state index in [4.69, 9.17) is 9.97 Å². The molecule has 1 aromatic heterocycles. The van der Waals surface area contributed by atoms with E-state index in [1.165, 1.54) is 33.4 Å². The smallest absolute Gasteiger partial charge is 0.235 e. The minimum absolute atomic E-state index is 0.501. The standard InChI is InChI=1S/C41H26BrN3/c42-34-23-13-22-33-39(34)29-18-7-8-19-30(29)41(33)31-20-9-11-24-37(31)45(38-25-12-10-21-32(38)41)40-43-35(27-14-3-1-4-15-27)26-36(44-40)28-16-5-2-6-17-28/h1-26H. The van der Waals surface area contributed by atoms with Gasteiger partial charge in [0, 0.05) is 21.2 Å². The predicted molar refractivity (Wildman–Crippen MR) is 186 cm³/mol. The molecule has 0 unspecified atom stereocenters. The maximum atomic E-state index is 5.28. The first-order chi connectivity index (χ1) is 22.2. The van der Waals surface area contributed by atoms with Crippen LogP contribution >= 0.6 is 15.9 Å². The van der Waals surface area contributed by atoms with Crippen LogP contribution < -0.4 is 4.90 Å². The van der Waals surface area contributed by atoms with Gasteiger partial charge in [-0.15, -0.1) is 0 Å². The Morgan fingerprint density at radius 1 is 0.467 bits per heavy atom. The van der Waals surface area contributed by atoms with Crippen LogP contribution in [0, 0.1) is 0 Å². The van der Waals surface area contributed by atoms with E-state index in [1.54, 1.807) is 0 Å². The van der Waals surface area contributed by atoms with E-state index in [1.807, 2.05) is 12.1 Å². The van der Waals surface area contributed by atoms with Crippen LogP contribution in [-0.4, -0.2) is 9.97 Å². The molecule has 45 heavy (non-hydrogen) atoms. The second kappa shape index (κ2) is 10.1. The van der Waals surface area contributed by atoms with Crippen molar-refractivity contribution in [2.24, 2.45) is 0 Å². The van der Waals surface area contributed by atoms with Gasteiger partial charge in [0.25, 0.3) is 0 Å². The minimum atomic E-state index is -0.501. The van der Waals surface area contributed by atoms with Gasteiger partial charge in [-0.05, 0) is 52.1 Å². The summed E-state index contributed by atoms with van der Waals surface area (Å²) in [6, 6.07) is 55.8. The van der Waals surface area contributed by atoms with E-state index in [-0.39, 0.29) is 0 Å². The highest BCUT2D eigenvalue weighted by molar-refractivity contribution is 9.10. The average Bonchev–Trinajstić information content (AvgIpc) is 3.41. The summed E-state index contributed by atoms with van der Waals surface area (Å²) < 4.78 is 1.10. The molecule has 3 nitrogen and oxygen atoms in total. The number of halogens is 1. The summed E-state index contributed by atoms with van der Waals surface area (Å²) in [5.74, 6) is 0.644. The summed E-state index contributed by atoms with van der Waals surface area (Å²) in [7, 11) is 0. The van der Waals surface area contributed by atoms with Crippen LogP contribution in [0.2, 0.25) is 0 Å². The SMILES string of the molecule is Brc1cccc2c1-c1ccccc1C21c2ccccc2N(c2nc(-c3ccccc3)cc(-c3ccccc3)n2)c2ccccc21. The van der Waals surface area contributed by atoms with Crippen molar-refractivity contribution in [2.45, 2.75) is 5.41 Å². The molecule has 0 radical (unpaired) electrons. The second-order valence-corrected chi connectivity index (χ2v) is 12.4. The first-order valence-corrected chi connectivity index (χ1v) is 15.9. The number of nitrogens with zero attached hydrogens (tertiary/aromatic N) is 3. The highest BCUT2D eigenvalue weighted by atomic mass is 79.9. The molecule has 0 bridgehead atoms. The van der Waals surface area contributed by atoms with Crippen LogP contribution in [0.25, 0.3) is 33.6 Å². The van der Waals surface area contributed by atoms with E-state index in [0.717, 1.165) is 38.4 Å². The number of aromatic nitrogens is 2. The summed E-state index contributed by atoms with van der Waals surface area (Å²) >= 11 is 3.93. The third-order valence-corrected chi connectivity index (χ3v) is 9.83. The van der Waals surface area contributed by atoms with Crippen LogP contribution in [0.15, 0.2) is 162 Å². The molecule has 7 aromatic rings. The van der Waals surface area contributed by atoms with E-state index in [0.29, 0.717) is 5.95 Å². The maximum Gasteiger partial charge on any atom is 0.235 e. The van der Waals surface area contributed by atoms with Crippen LogP contribution in [0.4, 0.5) is 17.3 Å². The first-order valence-electron chi connectivity index (χ1n) is 15.1. The van der Waals surface area contributed by atoms with Crippen molar-refractivity contribution >= 4 is 33.3 Å². The Labute approximate surface area is 270 Å². The molecular formula is C41H26BrN3. The van der Waals surface area contributed by atoms with E-state index >= 15 is 0 Å². The van der Waals surface area contributed by atoms with Crippen LogP contribution in [0.3, 0.4) is 0 Å². The summed E-state index contributed by atoms with van der Waals surface area (Å²) in [5.41, 5.74) is 13.0. The fourth-order valence-corrected chi connectivity index (χ4v) is 7.95. The third-order valence-electron chi connectivity index (χ3n) is 9.17. The Kier molecular flexibility index (Phi) is 5.87. The topological polar surface area (TPSA) is 29.0 Å². The van der Waals surface area contributed by atoms with Crippen LogP contribution in [0.5, 0.6) is 0 Å². The number of hydrogen-bond acceptors (Lipinski definition) is 3. The lowest BCUT2D eigenvalue weighted by atomic mass is 9.65. The highest BCUT2D eigenvalue weighted by Gasteiger charge is 2.52. The average molecular weight is 641 g/mol. The lowest BCUT2D eigenvalue weighted by molar-refractivity contribution is 0.749. The van der Waals surface area contributed by atoms with Crippen molar-refractivity contribution < 1.29 is 0 Å². The fourth-order valence-electron chi connectivity index (χ4n) is 7.37. The molecule has 1 spiro atoms. The molecule has 1 aliphatic heterocycles. The molecule has 0 saturated heterocycles. The van der Waals surface area contributed by atoms with Crippen molar-refractivity contribution in [3.63, 3.8) is 0 Å². The van der Waals surface area contributed by atoms with E-state index in [2.05, 4.69) is 166 Å². The van der Waals surface area contributed by atoms with Gasteiger partial charge < -0.3 is 0 Å². The van der Waals surface area contributed by atoms with Gasteiger partial charge in [-0.2, -0.15) is 0 Å². The Balaban J connectivity index is 1.37. The molecule has 0 amide bonds. The summed E-state index contributed by atoms with van der Waals surface area (Å²) in [6.07, 6.45) is 0. The monoisotopic (exact) mass is 639 g/mol. The van der Waals surface area contributed by atoms with Crippen molar-refractivity contribution in [1.82, 2.24) is 9.97 Å². The van der Waals surface area contributed by atoms with Crippen molar-refractivity contribution in [3.8, 4) is 33.6 Å². The molecule has 1 aliphatic carbocycles. The van der Waals surface area contributed by atoms with E-state index in [9.17, 15) is 0 Å². The van der Waals surface area contributed by atoms with Gasteiger partial charge >= 0.3 is 0 Å². The molecule has 0 fully saturated rings. The van der Waals surface area contributed by atoms with Crippen molar-refractivity contribution in [3.05, 3.63) is 184 Å². The summed E-state index contributed by atoms with van der Waals surface area (Å²) in [6.45, 7) is 0. The number of benzene rings is 6. The zero-order valence-corrected chi connectivity index (χ0v) is 25.8. The highest BCUT2D eigenvalue weighted by Crippen LogP contribution is 2.63. The van der Waals surface area contributed by atoms with Gasteiger partial charge in [0.1, 0.15) is 0 Å². The molecule has 4 heteroatoms. The predicted octanol–water partition coefficient (Wildman–Crippen LogP) is 10.7. The van der Waals surface area contributed by atoms with Crippen molar-refractivity contribution in [1.29, 1.82) is 0 Å². The fraction of sp³-hybridized carbons (Fsp3) is 0.0244. The third kappa shape index (κ3) is 3.76. The number of fused-ring (bicyclic) bond motifs is 9. The van der Waals surface area contributed by atoms with Crippen LogP contribution in [-0.2, 0) is 5.41 Å². The molecule has 0 N–H and O–H groups in total. The van der Waals surface area contributed by atoms with E-state index < -0.39 is 5.41 Å². The molecule has 6 aromatic carbocycles. The summed E-state index contributed by atoms with van der Waals surface area (Å²) in [5, 5.41) is 0. The molecule has 2 heterocycles. The normalized spacial score (nSPS) is 13.6. The second-order valence-electron chi connectivity index (χ2n) is 11.5. The Morgan fingerprint density at radius 3 is 1.56 bits per heavy atom. The molecular weight excluding hydrogens is 614 g/mol. The maximum absolute atomic E-state index is 5.28. The zero-order chi connectivity index (χ0) is 30.0. The first kappa shape index (κ1) is 26.1. The lowest BCUT2D eigenvalue weighted by Gasteiger charge is -2.44. The van der Waals surface area contributed by atoms with Gasteiger partial charge in [-0.1, -0.05) is 149 Å². The largest absolute Gasteiger partial charge is 0.278 e. The molecule has 212 valence electrons. The zero-order valence-electron chi connectivity index (χ0n) is 24.2. The van der Waals surface area contributed by atoms with Gasteiger partial charge in [0.05, 0.1) is 28.2 Å². The molecule has 0 atom stereocenters. The number of rotatable bonds is 3. The van der Waals surface area contributed by atoms with Gasteiger partial charge in [0.15, 0.2) is 0 Å².